The van der Waals surface area contributed by atoms with E-state index in [9.17, 15) is 39.5 Å². The van der Waals surface area contributed by atoms with E-state index in [2.05, 4.69) is 0 Å². The van der Waals surface area contributed by atoms with Crippen LogP contribution in [0.4, 0.5) is 39.5 Å². The van der Waals surface area contributed by atoms with Gasteiger partial charge in [-0.15, -0.1) is 0 Å². The van der Waals surface area contributed by atoms with Crippen LogP contribution in [0.5, 0.6) is 0 Å². The maximum Gasteiger partial charge on any atom is 0.460 e. The summed E-state index contributed by atoms with van der Waals surface area (Å²) in [5.41, 5.74) is 0. The normalized spacial score (nSPS) is 21.0. The zero-order chi connectivity index (χ0) is 17.4. The molecule has 0 spiro atoms. The van der Waals surface area contributed by atoms with Crippen LogP contribution in [0.1, 0.15) is 38.5 Å². The van der Waals surface area contributed by atoms with Gasteiger partial charge in [0.25, 0.3) is 0 Å². The average Bonchev–Trinajstić information content (AvgIpc) is 2.37. The SMILES string of the molecule is FC(F)(F)C(F)(F)C(F)(F)C(F)(F)C[C@H](I)C1CCCCC1. The number of rotatable bonds is 5. The zero-order valence-electron chi connectivity index (χ0n) is 11.2. The minimum atomic E-state index is -6.79. The van der Waals surface area contributed by atoms with E-state index < -0.39 is 34.3 Å². The molecule has 0 aromatic carbocycles. The summed E-state index contributed by atoms with van der Waals surface area (Å²) in [6.45, 7) is 0. The Labute approximate surface area is 134 Å². The molecule has 10 heteroatoms. The van der Waals surface area contributed by atoms with Gasteiger partial charge in [0.2, 0.25) is 0 Å². The van der Waals surface area contributed by atoms with E-state index >= 15 is 0 Å². The quantitative estimate of drug-likeness (QED) is 0.262. The van der Waals surface area contributed by atoms with Crippen molar-refractivity contribution in [3.05, 3.63) is 0 Å². The molecule has 0 radical (unpaired) electrons. The Bertz CT molecular complexity index is 371. The number of hydrogen-bond acceptors (Lipinski definition) is 0. The predicted molar refractivity (Wildman–Crippen MR) is 69.9 cm³/mol. The largest absolute Gasteiger partial charge is 0.460 e. The van der Waals surface area contributed by atoms with Crippen molar-refractivity contribution in [1.29, 1.82) is 0 Å². The van der Waals surface area contributed by atoms with Gasteiger partial charge in [0.15, 0.2) is 0 Å². The molecular formula is C12H14F9I. The summed E-state index contributed by atoms with van der Waals surface area (Å²) in [5, 5.41) is 0. The lowest BCUT2D eigenvalue weighted by molar-refractivity contribution is -0.396. The molecule has 1 saturated carbocycles. The third kappa shape index (κ3) is 3.77. The van der Waals surface area contributed by atoms with E-state index in [-0.39, 0.29) is 5.92 Å². The first-order valence-electron chi connectivity index (χ1n) is 6.58. The molecule has 0 heterocycles. The van der Waals surface area contributed by atoms with Crippen LogP contribution in [0, 0.1) is 5.92 Å². The first-order valence-corrected chi connectivity index (χ1v) is 7.83. The van der Waals surface area contributed by atoms with Crippen molar-refractivity contribution >= 4 is 22.6 Å². The first-order chi connectivity index (χ1) is 9.74. The van der Waals surface area contributed by atoms with Gasteiger partial charge in [0.1, 0.15) is 0 Å². The number of hydrogen-bond donors (Lipinski definition) is 0. The first kappa shape index (κ1) is 20.1. The lowest BCUT2D eigenvalue weighted by Gasteiger charge is -2.36. The van der Waals surface area contributed by atoms with Crippen molar-refractivity contribution < 1.29 is 39.5 Å². The lowest BCUT2D eigenvalue weighted by Crippen LogP contribution is -2.61. The standard InChI is InChI=1S/C12H14F9I/c13-9(14,6-8(22)7-4-2-1-3-5-7)10(15,16)11(17,18)12(19,20)21/h7-8H,1-6H2/t8-/m0/s1. The molecule has 22 heavy (non-hydrogen) atoms. The van der Waals surface area contributed by atoms with Crippen LogP contribution in [-0.4, -0.2) is 27.9 Å². The molecule has 1 fully saturated rings. The van der Waals surface area contributed by atoms with Gasteiger partial charge in [0, 0.05) is 10.3 Å². The summed E-state index contributed by atoms with van der Waals surface area (Å²) in [5.74, 6) is -19.1. The van der Waals surface area contributed by atoms with Crippen molar-refractivity contribution in [1.82, 2.24) is 0 Å². The van der Waals surface area contributed by atoms with Gasteiger partial charge >= 0.3 is 23.9 Å². The summed E-state index contributed by atoms with van der Waals surface area (Å²) in [6, 6.07) is 0. The average molecular weight is 456 g/mol. The fourth-order valence-electron chi connectivity index (χ4n) is 2.44. The van der Waals surface area contributed by atoms with Gasteiger partial charge in [-0.3, -0.25) is 0 Å². The highest BCUT2D eigenvalue weighted by Gasteiger charge is 2.81. The second-order valence-corrected chi connectivity index (χ2v) is 7.07. The van der Waals surface area contributed by atoms with Crippen molar-refractivity contribution in [2.75, 3.05) is 0 Å². The van der Waals surface area contributed by atoms with Crippen molar-refractivity contribution in [3.8, 4) is 0 Å². The Morgan fingerprint density at radius 3 is 1.64 bits per heavy atom. The highest BCUT2D eigenvalue weighted by atomic mass is 127. The van der Waals surface area contributed by atoms with Crippen LogP contribution in [0.3, 0.4) is 0 Å². The summed E-state index contributed by atoms with van der Waals surface area (Å²) in [6.07, 6.45) is -5.24. The molecule has 0 amide bonds. The third-order valence-corrected chi connectivity index (χ3v) is 5.28. The van der Waals surface area contributed by atoms with Crippen LogP contribution in [0.2, 0.25) is 0 Å². The molecule has 0 aliphatic heterocycles. The number of alkyl halides is 10. The fourth-order valence-corrected chi connectivity index (χ4v) is 3.72. The van der Waals surface area contributed by atoms with Crippen LogP contribution < -0.4 is 0 Å². The molecule has 0 N–H and O–H groups in total. The Kier molecular flexibility index (Phi) is 5.99. The molecular weight excluding hydrogens is 442 g/mol. The Morgan fingerprint density at radius 1 is 0.773 bits per heavy atom. The van der Waals surface area contributed by atoms with Crippen LogP contribution in [0.15, 0.2) is 0 Å². The molecule has 0 saturated heterocycles. The lowest BCUT2D eigenvalue weighted by atomic mass is 9.84. The topological polar surface area (TPSA) is 0 Å². The zero-order valence-corrected chi connectivity index (χ0v) is 13.3. The molecule has 0 unspecified atom stereocenters. The molecule has 0 nitrogen and oxygen atoms in total. The number of halogens is 10. The fraction of sp³-hybridized carbons (Fsp3) is 1.00. The molecule has 0 aromatic heterocycles. The van der Waals surface area contributed by atoms with Gasteiger partial charge in [-0.1, -0.05) is 41.9 Å². The summed E-state index contributed by atoms with van der Waals surface area (Å²) >= 11 is 1.44. The minimum Gasteiger partial charge on any atom is -0.200 e. The summed E-state index contributed by atoms with van der Waals surface area (Å²) in [7, 11) is 0. The molecule has 132 valence electrons. The smallest absolute Gasteiger partial charge is 0.200 e. The Balaban J connectivity index is 2.91. The predicted octanol–water partition coefficient (Wildman–Crippen LogP) is 6.23. The molecule has 0 bridgehead atoms. The minimum absolute atomic E-state index is 0.379. The van der Waals surface area contributed by atoms with E-state index in [1.165, 1.54) is 22.6 Å². The highest BCUT2D eigenvalue weighted by molar-refractivity contribution is 14.1. The van der Waals surface area contributed by atoms with Gasteiger partial charge in [-0.2, -0.15) is 39.5 Å². The monoisotopic (exact) mass is 456 g/mol. The molecule has 1 aliphatic carbocycles. The van der Waals surface area contributed by atoms with E-state index in [4.69, 9.17) is 0 Å². The Morgan fingerprint density at radius 2 is 1.23 bits per heavy atom. The van der Waals surface area contributed by atoms with E-state index in [1.54, 1.807) is 0 Å². The molecule has 1 rings (SSSR count). The maximum absolute atomic E-state index is 13.5. The second kappa shape index (κ2) is 6.54. The van der Waals surface area contributed by atoms with E-state index in [1.807, 2.05) is 0 Å². The third-order valence-electron chi connectivity index (χ3n) is 3.82. The van der Waals surface area contributed by atoms with E-state index in [0.717, 1.165) is 6.42 Å². The highest BCUT2D eigenvalue weighted by Crippen LogP contribution is 2.55. The Hall–Kier alpha value is 0.1000. The van der Waals surface area contributed by atoms with Crippen LogP contribution in [0.25, 0.3) is 0 Å². The molecule has 1 atom stereocenters. The van der Waals surface area contributed by atoms with Gasteiger partial charge in [0.05, 0.1) is 0 Å². The molecule has 1 aliphatic rings. The van der Waals surface area contributed by atoms with Crippen molar-refractivity contribution in [3.63, 3.8) is 0 Å². The van der Waals surface area contributed by atoms with Crippen molar-refractivity contribution in [2.45, 2.75) is 66.4 Å². The van der Waals surface area contributed by atoms with E-state index in [0.29, 0.717) is 25.7 Å². The van der Waals surface area contributed by atoms with Gasteiger partial charge < -0.3 is 0 Å². The van der Waals surface area contributed by atoms with Crippen LogP contribution in [-0.2, 0) is 0 Å². The van der Waals surface area contributed by atoms with Gasteiger partial charge in [-0.25, -0.2) is 0 Å². The van der Waals surface area contributed by atoms with Crippen molar-refractivity contribution in [2.24, 2.45) is 5.92 Å². The van der Waals surface area contributed by atoms with Crippen LogP contribution >= 0.6 is 22.6 Å². The summed E-state index contributed by atoms with van der Waals surface area (Å²) in [4.78, 5) is 0. The summed E-state index contributed by atoms with van der Waals surface area (Å²) < 4.78 is 114. The molecule has 0 aromatic rings. The second-order valence-electron chi connectivity index (χ2n) is 5.47. The van der Waals surface area contributed by atoms with Gasteiger partial charge in [-0.05, 0) is 18.8 Å². The maximum atomic E-state index is 13.5.